The second-order valence-corrected chi connectivity index (χ2v) is 2.96. The van der Waals surface area contributed by atoms with Crippen LogP contribution in [0.5, 0.6) is 0 Å². The van der Waals surface area contributed by atoms with E-state index < -0.39 is 0 Å². The normalized spacial score (nSPS) is 28.8. The molecule has 1 aliphatic rings. The van der Waals surface area contributed by atoms with Crippen LogP contribution in [0, 0.1) is 5.92 Å². The van der Waals surface area contributed by atoms with Gasteiger partial charge in [-0.1, -0.05) is 12.2 Å². The number of hydrogen-bond donors (Lipinski definition) is 0. The Morgan fingerprint density at radius 2 is 2.25 bits per heavy atom. The lowest BCUT2D eigenvalue weighted by molar-refractivity contribution is -0.119. The Balaban J connectivity index is 2.70. The highest BCUT2D eigenvalue weighted by Crippen LogP contribution is 2.12. The molecule has 1 rings (SSSR count). The molecule has 0 radical (unpaired) electrons. The molecule has 1 unspecified atom stereocenters. The highest BCUT2D eigenvalue weighted by molar-refractivity contribution is 5.99. The summed E-state index contributed by atoms with van der Waals surface area (Å²) in [4.78, 5) is 21.9. The molecule has 64 valence electrons. The van der Waals surface area contributed by atoms with Gasteiger partial charge in [-0.3, -0.25) is 9.59 Å². The topological polar surface area (TPSA) is 34.1 Å². The lowest BCUT2D eigenvalue weighted by atomic mass is 9.96. The molecule has 0 aromatic carbocycles. The van der Waals surface area contributed by atoms with Crippen LogP contribution in [-0.2, 0) is 9.59 Å². The standard InChI is InChI=1S/C10H12O2/c1-8(11)9-4-2-3-5-10(12)7-6-9/h3,5-7,9H,2,4H2,1H3/b5-3-,7-6-. The predicted octanol–water partition coefficient (Wildman–Crippen LogP) is 1.67. The molecule has 2 heteroatoms. The van der Waals surface area contributed by atoms with E-state index in [1.165, 1.54) is 6.08 Å². The zero-order chi connectivity index (χ0) is 8.97. The first-order chi connectivity index (χ1) is 5.70. The van der Waals surface area contributed by atoms with Crippen LogP contribution in [0.3, 0.4) is 0 Å². The van der Waals surface area contributed by atoms with Gasteiger partial charge < -0.3 is 0 Å². The van der Waals surface area contributed by atoms with Crippen molar-refractivity contribution in [1.82, 2.24) is 0 Å². The molecular weight excluding hydrogens is 152 g/mol. The van der Waals surface area contributed by atoms with Crippen molar-refractivity contribution < 1.29 is 9.59 Å². The van der Waals surface area contributed by atoms with E-state index in [-0.39, 0.29) is 17.5 Å². The van der Waals surface area contributed by atoms with Gasteiger partial charge in [0.25, 0.3) is 0 Å². The second-order valence-electron chi connectivity index (χ2n) is 2.96. The first-order valence-electron chi connectivity index (χ1n) is 4.09. The van der Waals surface area contributed by atoms with Crippen molar-refractivity contribution >= 4 is 11.6 Å². The van der Waals surface area contributed by atoms with Crippen LogP contribution in [0.2, 0.25) is 0 Å². The molecule has 0 fully saturated rings. The third-order valence-corrected chi connectivity index (χ3v) is 1.94. The zero-order valence-corrected chi connectivity index (χ0v) is 7.12. The van der Waals surface area contributed by atoms with Gasteiger partial charge in [-0.05, 0) is 31.9 Å². The summed E-state index contributed by atoms with van der Waals surface area (Å²) in [6.45, 7) is 1.56. The summed E-state index contributed by atoms with van der Waals surface area (Å²) in [5.74, 6) is 0.0363. The van der Waals surface area contributed by atoms with E-state index in [2.05, 4.69) is 0 Å². The minimum atomic E-state index is -0.0705. The number of carbonyl (C=O) groups excluding carboxylic acids is 2. The molecule has 0 amide bonds. The fourth-order valence-corrected chi connectivity index (χ4v) is 1.18. The largest absolute Gasteiger partial charge is 0.299 e. The average molecular weight is 164 g/mol. The molecule has 0 aromatic rings. The summed E-state index contributed by atoms with van der Waals surface area (Å²) >= 11 is 0. The molecule has 1 aliphatic carbocycles. The van der Waals surface area contributed by atoms with Gasteiger partial charge in [0.2, 0.25) is 0 Å². The maximum Gasteiger partial charge on any atom is 0.178 e. The van der Waals surface area contributed by atoms with Crippen molar-refractivity contribution in [2.45, 2.75) is 19.8 Å². The number of allylic oxidation sites excluding steroid dienone is 4. The summed E-state index contributed by atoms with van der Waals surface area (Å²) in [5, 5.41) is 0. The predicted molar refractivity (Wildman–Crippen MR) is 46.7 cm³/mol. The van der Waals surface area contributed by atoms with Gasteiger partial charge in [0.1, 0.15) is 5.78 Å². The van der Waals surface area contributed by atoms with Crippen molar-refractivity contribution in [3.8, 4) is 0 Å². The first kappa shape index (κ1) is 8.91. The Morgan fingerprint density at radius 3 is 2.92 bits per heavy atom. The van der Waals surface area contributed by atoms with Gasteiger partial charge in [-0.2, -0.15) is 0 Å². The Bertz CT molecular complexity index is 249. The third-order valence-electron chi connectivity index (χ3n) is 1.94. The molecule has 12 heavy (non-hydrogen) atoms. The van der Waals surface area contributed by atoms with E-state index in [9.17, 15) is 9.59 Å². The highest BCUT2D eigenvalue weighted by atomic mass is 16.1. The molecule has 0 spiro atoms. The van der Waals surface area contributed by atoms with Crippen molar-refractivity contribution in [3.05, 3.63) is 24.3 Å². The van der Waals surface area contributed by atoms with Crippen LogP contribution in [0.15, 0.2) is 24.3 Å². The molecule has 0 saturated heterocycles. The van der Waals surface area contributed by atoms with Crippen LogP contribution in [0.1, 0.15) is 19.8 Å². The van der Waals surface area contributed by atoms with E-state index in [4.69, 9.17) is 0 Å². The molecular formula is C10H12O2. The van der Waals surface area contributed by atoms with Crippen LogP contribution in [0.25, 0.3) is 0 Å². The third kappa shape index (κ3) is 2.46. The van der Waals surface area contributed by atoms with Crippen LogP contribution < -0.4 is 0 Å². The molecule has 0 N–H and O–H groups in total. The SMILES string of the molecule is CC(=O)C1/C=C\C(=O)/C=C\CC1. The van der Waals surface area contributed by atoms with Gasteiger partial charge in [0.05, 0.1) is 0 Å². The fourth-order valence-electron chi connectivity index (χ4n) is 1.18. The van der Waals surface area contributed by atoms with E-state index in [0.29, 0.717) is 0 Å². The zero-order valence-electron chi connectivity index (χ0n) is 7.12. The van der Waals surface area contributed by atoms with Gasteiger partial charge in [0.15, 0.2) is 5.78 Å². The molecule has 0 aromatic heterocycles. The molecule has 2 nitrogen and oxygen atoms in total. The summed E-state index contributed by atoms with van der Waals surface area (Å²) < 4.78 is 0. The van der Waals surface area contributed by atoms with E-state index >= 15 is 0 Å². The van der Waals surface area contributed by atoms with Crippen LogP contribution in [-0.4, -0.2) is 11.6 Å². The smallest absolute Gasteiger partial charge is 0.178 e. The Kier molecular flexibility index (Phi) is 2.97. The minimum absolute atomic E-state index is 0.0269. The highest BCUT2D eigenvalue weighted by Gasteiger charge is 2.10. The minimum Gasteiger partial charge on any atom is -0.299 e. The Labute approximate surface area is 72.0 Å². The van der Waals surface area contributed by atoms with E-state index in [1.54, 1.807) is 19.1 Å². The van der Waals surface area contributed by atoms with Crippen LogP contribution in [0.4, 0.5) is 0 Å². The molecule has 0 saturated carbocycles. The summed E-state index contributed by atoms with van der Waals surface area (Å²) in [7, 11) is 0. The number of Topliss-reactive ketones (excluding diaryl/α,β-unsaturated/α-hetero) is 1. The summed E-state index contributed by atoms with van der Waals surface area (Å²) in [6, 6.07) is 0. The second kappa shape index (κ2) is 4.00. The Morgan fingerprint density at radius 1 is 1.50 bits per heavy atom. The fraction of sp³-hybridized carbons (Fsp3) is 0.400. The maximum atomic E-state index is 11.0. The average Bonchev–Trinajstić information content (AvgIpc) is 1.97. The number of rotatable bonds is 1. The van der Waals surface area contributed by atoms with Gasteiger partial charge >= 0.3 is 0 Å². The molecule has 0 aliphatic heterocycles. The summed E-state index contributed by atoms with van der Waals surface area (Å²) in [5.41, 5.74) is 0. The van der Waals surface area contributed by atoms with Gasteiger partial charge in [-0.15, -0.1) is 0 Å². The lowest BCUT2D eigenvalue weighted by Gasteiger charge is -2.07. The molecule has 0 heterocycles. The quantitative estimate of drug-likeness (QED) is 0.590. The van der Waals surface area contributed by atoms with Gasteiger partial charge in [-0.25, -0.2) is 0 Å². The van der Waals surface area contributed by atoms with Gasteiger partial charge in [0, 0.05) is 5.92 Å². The van der Waals surface area contributed by atoms with E-state index in [1.807, 2.05) is 6.08 Å². The van der Waals surface area contributed by atoms with Crippen molar-refractivity contribution in [2.24, 2.45) is 5.92 Å². The Hall–Kier alpha value is -1.18. The van der Waals surface area contributed by atoms with Crippen molar-refractivity contribution in [3.63, 3.8) is 0 Å². The number of carbonyl (C=O) groups is 2. The van der Waals surface area contributed by atoms with Crippen molar-refractivity contribution in [2.75, 3.05) is 0 Å². The number of hydrogen-bond acceptors (Lipinski definition) is 2. The molecule has 0 bridgehead atoms. The van der Waals surface area contributed by atoms with E-state index in [0.717, 1.165) is 12.8 Å². The van der Waals surface area contributed by atoms with Crippen LogP contribution >= 0.6 is 0 Å². The molecule has 1 atom stereocenters. The first-order valence-corrected chi connectivity index (χ1v) is 4.09. The number of ketones is 2. The lowest BCUT2D eigenvalue weighted by Crippen LogP contribution is -2.09. The monoisotopic (exact) mass is 164 g/mol. The van der Waals surface area contributed by atoms with Crippen molar-refractivity contribution in [1.29, 1.82) is 0 Å². The maximum absolute atomic E-state index is 11.0. The summed E-state index contributed by atoms with van der Waals surface area (Å²) in [6.07, 6.45) is 8.17.